The number of para-hydroxylation sites is 1. The molecule has 1 aromatic rings. The van der Waals surface area contributed by atoms with E-state index in [0.29, 0.717) is 22.0 Å². The Labute approximate surface area is 143 Å². The molecule has 1 aliphatic rings. The van der Waals surface area contributed by atoms with E-state index in [1.165, 1.54) is 21.1 Å². The molecule has 0 bridgehead atoms. The zero-order chi connectivity index (χ0) is 17.1. The number of rotatable bonds is 5. The van der Waals surface area contributed by atoms with Crippen molar-refractivity contribution in [3.8, 4) is 11.5 Å². The summed E-state index contributed by atoms with van der Waals surface area (Å²) in [6.45, 7) is 1.42. The number of carbonyl (C=O) groups excluding carboxylic acids is 1. The van der Waals surface area contributed by atoms with Crippen LogP contribution < -0.4 is 9.47 Å². The molecule has 1 aromatic carbocycles. The number of methoxy groups -OCH3 is 2. The van der Waals surface area contributed by atoms with E-state index in [9.17, 15) is 9.59 Å². The number of carbonyl (C=O) groups is 2. The molecule has 1 N–H and O–H groups in total. The Balaban J connectivity index is 2.40. The van der Waals surface area contributed by atoms with E-state index in [1.54, 1.807) is 24.3 Å². The summed E-state index contributed by atoms with van der Waals surface area (Å²) in [6.07, 6.45) is 1.62. The monoisotopic (exact) mass is 353 g/mol. The Hall–Kier alpha value is -2.06. The SMILES string of the molecule is COc1cccc(C=C2SC(=S)N([C@H](C)C(=O)O)C2=O)c1OC. The van der Waals surface area contributed by atoms with Gasteiger partial charge < -0.3 is 14.6 Å². The molecule has 1 heterocycles. The van der Waals surface area contributed by atoms with Crippen LogP contribution in [0.1, 0.15) is 12.5 Å². The lowest BCUT2D eigenvalue weighted by atomic mass is 10.1. The summed E-state index contributed by atoms with van der Waals surface area (Å²) < 4.78 is 10.8. The van der Waals surface area contributed by atoms with Gasteiger partial charge in [0.25, 0.3) is 5.91 Å². The van der Waals surface area contributed by atoms with Crippen molar-refractivity contribution in [2.75, 3.05) is 14.2 Å². The zero-order valence-corrected chi connectivity index (χ0v) is 14.4. The summed E-state index contributed by atoms with van der Waals surface area (Å²) in [5.41, 5.74) is 0.648. The summed E-state index contributed by atoms with van der Waals surface area (Å²) in [5, 5.41) is 9.09. The van der Waals surface area contributed by atoms with Gasteiger partial charge in [0, 0.05) is 5.56 Å². The lowest BCUT2D eigenvalue weighted by molar-refractivity contribution is -0.144. The first kappa shape index (κ1) is 17.3. The van der Waals surface area contributed by atoms with Gasteiger partial charge in [-0.3, -0.25) is 9.69 Å². The van der Waals surface area contributed by atoms with E-state index < -0.39 is 17.9 Å². The number of amides is 1. The number of hydrogen-bond donors (Lipinski definition) is 1. The standard InChI is InChI=1S/C15H15NO5S2/c1-8(14(18)19)16-13(17)11(23-15(16)22)7-9-5-4-6-10(20-2)12(9)21-3/h4-8H,1-3H3,(H,18,19)/t8-/m1/s1. The van der Waals surface area contributed by atoms with E-state index >= 15 is 0 Å². The number of carboxylic acid groups (broad SMARTS) is 1. The average Bonchev–Trinajstić information content (AvgIpc) is 2.80. The van der Waals surface area contributed by atoms with Crippen LogP contribution in [0.15, 0.2) is 23.1 Å². The average molecular weight is 353 g/mol. The summed E-state index contributed by atoms with van der Waals surface area (Å²) in [5.74, 6) is -0.511. The first-order valence-corrected chi connectivity index (χ1v) is 7.84. The molecule has 0 radical (unpaired) electrons. The second-order valence-electron chi connectivity index (χ2n) is 4.65. The molecule has 0 spiro atoms. The van der Waals surface area contributed by atoms with Crippen LogP contribution in [0.4, 0.5) is 0 Å². The molecule has 1 aliphatic heterocycles. The fourth-order valence-corrected chi connectivity index (χ4v) is 3.50. The number of thioether (sulfide) groups is 1. The molecule has 0 aliphatic carbocycles. The van der Waals surface area contributed by atoms with Crippen LogP contribution in [0.3, 0.4) is 0 Å². The third kappa shape index (κ3) is 3.32. The van der Waals surface area contributed by atoms with Crippen LogP contribution >= 0.6 is 24.0 Å². The van der Waals surface area contributed by atoms with Crippen LogP contribution in [-0.2, 0) is 9.59 Å². The van der Waals surface area contributed by atoms with E-state index in [1.807, 2.05) is 0 Å². The maximum atomic E-state index is 12.4. The molecule has 23 heavy (non-hydrogen) atoms. The van der Waals surface area contributed by atoms with Crippen LogP contribution in [-0.4, -0.2) is 46.5 Å². The number of hydrogen-bond acceptors (Lipinski definition) is 6. The van der Waals surface area contributed by atoms with Gasteiger partial charge in [-0.25, -0.2) is 4.79 Å². The smallest absolute Gasteiger partial charge is 0.326 e. The second kappa shape index (κ2) is 7.01. The predicted octanol–water partition coefficient (Wildman–Crippen LogP) is 2.38. The van der Waals surface area contributed by atoms with E-state index in [4.69, 9.17) is 26.8 Å². The molecule has 122 valence electrons. The molecule has 0 saturated carbocycles. The summed E-state index contributed by atoms with van der Waals surface area (Å²) in [7, 11) is 3.03. The van der Waals surface area contributed by atoms with Crippen molar-refractivity contribution in [2.24, 2.45) is 0 Å². The van der Waals surface area contributed by atoms with Crippen LogP contribution in [0.5, 0.6) is 11.5 Å². The van der Waals surface area contributed by atoms with E-state index in [0.717, 1.165) is 16.7 Å². The van der Waals surface area contributed by atoms with Crippen LogP contribution in [0.2, 0.25) is 0 Å². The van der Waals surface area contributed by atoms with Crippen LogP contribution in [0, 0.1) is 0 Å². The molecule has 8 heteroatoms. The molecular weight excluding hydrogens is 338 g/mol. The molecule has 1 fully saturated rings. The summed E-state index contributed by atoms with van der Waals surface area (Å²) in [6, 6.07) is 4.27. The Morgan fingerprint density at radius 3 is 2.65 bits per heavy atom. The van der Waals surface area contributed by atoms with Crippen molar-refractivity contribution in [1.82, 2.24) is 4.90 Å². The number of nitrogens with zero attached hydrogens (tertiary/aromatic N) is 1. The van der Waals surface area contributed by atoms with Gasteiger partial charge in [0.1, 0.15) is 10.4 Å². The van der Waals surface area contributed by atoms with Crippen molar-refractivity contribution >= 4 is 46.3 Å². The minimum absolute atomic E-state index is 0.220. The Kier molecular flexibility index (Phi) is 5.27. The number of ether oxygens (including phenoxy) is 2. The van der Waals surface area contributed by atoms with Crippen LogP contribution in [0.25, 0.3) is 6.08 Å². The van der Waals surface area contributed by atoms with Gasteiger partial charge in [0.15, 0.2) is 11.5 Å². The third-order valence-corrected chi connectivity index (χ3v) is 4.62. The fraction of sp³-hybridized carbons (Fsp3) is 0.267. The van der Waals surface area contributed by atoms with E-state index in [2.05, 4.69) is 0 Å². The first-order valence-electron chi connectivity index (χ1n) is 6.61. The molecule has 1 atom stereocenters. The van der Waals surface area contributed by atoms with Crippen molar-refractivity contribution < 1.29 is 24.2 Å². The molecule has 2 rings (SSSR count). The Morgan fingerprint density at radius 1 is 1.39 bits per heavy atom. The largest absolute Gasteiger partial charge is 0.493 e. The minimum Gasteiger partial charge on any atom is -0.493 e. The van der Waals surface area contributed by atoms with Crippen molar-refractivity contribution in [1.29, 1.82) is 0 Å². The highest BCUT2D eigenvalue weighted by Gasteiger charge is 2.38. The van der Waals surface area contributed by atoms with Crippen molar-refractivity contribution in [3.63, 3.8) is 0 Å². The normalized spacial score (nSPS) is 17.5. The maximum Gasteiger partial charge on any atom is 0.326 e. The highest BCUT2D eigenvalue weighted by molar-refractivity contribution is 8.26. The lowest BCUT2D eigenvalue weighted by Gasteiger charge is -2.18. The molecule has 6 nitrogen and oxygen atoms in total. The molecule has 1 saturated heterocycles. The topological polar surface area (TPSA) is 76.1 Å². The molecular formula is C15H15NO5S2. The first-order chi connectivity index (χ1) is 10.9. The fourth-order valence-electron chi connectivity index (χ4n) is 2.09. The van der Waals surface area contributed by atoms with Gasteiger partial charge in [-0.15, -0.1) is 0 Å². The minimum atomic E-state index is -1.11. The number of carboxylic acids is 1. The van der Waals surface area contributed by atoms with E-state index in [-0.39, 0.29) is 4.32 Å². The maximum absolute atomic E-state index is 12.4. The summed E-state index contributed by atoms with van der Waals surface area (Å²) in [4.78, 5) is 25.0. The highest BCUT2D eigenvalue weighted by atomic mass is 32.2. The quantitative estimate of drug-likeness (QED) is 0.643. The molecule has 1 amide bonds. The number of aliphatic carboxylic acids is 1. The van der Waals surface area contributed by atoms with Gasteiger partial charge in [-0.1, -0.05) is 36.1 Å². The van der Waals surface area contributed by atoms with Crippen molar-refractivity contribution in [2.45, 2.75) is 13.0 Å². The number of thiocarbonyl (C=S) groups is 1. The highest BCUT2D eigenvalue weighted by Crippen LogP contribution is 2.37. The zero-order valence-electron chi connectivity index (χ0n) is 12.7. The van der Waals surface area contributed by atoms with Crippen molar-refractivity contribution in [3.05, 3.63) is 28.7 Å². The van der Waals surface area contributed by atoms with Gasteiger partial charge in [0.05, 0.1) is 19.1 Å². The second-order valence-corrected chi connectivity index (χ2v) is 6.32. The summed E-state index contributed by atoms with van der Waals surface area (Å²) >= 11 is 6.19. The van der Waals surface area contributed by atoms with Gasteiger partial charge >= 0.3 is 5.97 Å². The Morgan fingerprint density at radius 2 is 2.09 bits per heavy atom. The Bertz CT molecular complexity index is 701. The van der Waals surface area contributed by atoms with Gasteiger partial charge in [-0.2, -0.15) is 0 Å². The molecule has 0 aromatic heterocycles. The van der Waals surface area contributed by atoms with Gasteiger partial charge in [-0.05, 0) is 19.1 Å². The van der Waals surface area contributed by atoms with Gasteiger partial charge in [0.2, 0.25) is 0 Å². The third-order valence-electron chi connectivity index (χ3n) is 3.29. The number of benzene rings is 1. The lowest BCUT2D eigenvalue weighted by Crippen LogP contribution is -2.41. The molecule has 0 unspecified atom stereocenters. The predicted molar refractivity (Wildman–Crippen MR) is 91.7 cm³/mol.